The van der Waals surface area contributed by atoms with E-state index in [-0.39, 0.29) is 0 Å². The molecular formula is C9H19NO5. The second-order valence-electron chi connectivity index (χ2n) is 4.19. The molecule has 0 aliphatic rings. The van der Waals surface area contributed by atoms with Crippen LogP contribution in [0.25, 0.3) is 0 Å². The largest absolute Gasteiger partial charge is 0.444 e. The first-order valence-corrected chi connectivity index (χ1v) is 4.69. The number of amides is 1. The average Bonchev–Trinajstić information content (AvgIpc) is 2.10. The summed E-state index contributed by atoms with van der Waals surface area (Å²) < 4.78 is 4.91. The van der Waals surface area contributed by atoms with Gasteiger partial charge in [0.05, 0.1) is 25.4 Å². The lowest BCUT2D eigenvalue weighted by Crippen LogP contribution is -2.48. The topological polar surface area (TPSA) is 99.0 Å². The molecule has 0 fully saturated rings. The van der Waals surface area contributed by atoms with Crippen LogP contribution >= 0.6 is 0 Å². The number of rotatable bonds is 4. The number of hydrogen-bond acceptors (Lipinski definition) is 5. The first-order chi connectivity index (χ1) is 6.80. The summed E-state index contributed by atoms with van der Waals surface area (Å²) in [5, 5.41) is 28.9. The lowest BCUT2D eigenvalue weighted by molar-refractivity contribution is 0.0205. The smallest absolute Gasteiger partial charge is 0.408 e. The van der Waals surface area contributed by atoms with Gasteiger partial charge in [-0.1, -0.05) is 0 Å². The third kappa shape index (κ3) is 6.27. The van der Waals surface area contributed by atoms with Gasteiger partial charge in [0.1, 0.15) is 5.60 Å². The molecule has 0 saturated heterocycles. The van der Waals surface area contributed by atoms with Crippen molar-refractivity contribution in [2.24, 2.45) is 0 Å². The van der Waals surface area contributed by atoms with Crippen LogP contribution in [-0.4, -0.2) is 52.4 Å². The van der Waals surface area contributed by atoms with Gasteiger partial charge in [-0.15, -0.1) is 0 Å². The van der Waals surface area contributed by atoms with Gasteiger partial charge in [0.15, 0.2) is 0 Å². The highest BCUT2D eigenvalue weighted by Crippen LogP contribution is 2.07. The van der Waals surface area contributed by atoms with Crippen LogP contribution in [0, 0.1) is 0 Å². The minimum Gasteiger partial charge on any atom is -0.444 e. The maximum Gasteiger partial charge on any atom is 0.408 e. The van der Waals surface area contributed by atoms with Gasteiger partial charge in [0.25, 0.3) is 0 Å². The summed E-state index contributed by atoms with van der Waals surface area (Å²) in [7, 11) is 0. The molecule has 0 saturated carbocycles. The van der Waals surface area contributed by atoms with Crippen LogP contribution < -0.4 is 5.32 Å². The van der Waals surface area contributed by atoms with E-state index in [9.17, 15) is 9.90 Å². The number of ether oxygens (including phenoxy) is 1. The molecular weight excluding hydrogens is 202 g/mol. The van der Waals surface area contributed by atoms with Crippen molar-refractivity contribution in [3.8, 4) is 0 Å². The van der Waals surface area contributed by atoms with E-state index in [2.05, 4.69) is 5.32 Å². The van der Waals surface area contributed by atoms with Crippen molar-refractivity contribution >= 4 is 6.09 Å². The van der Waals surface area contributed by atoms with E-state index in [1.54, 1.807) is 20.8 Å². The summed E-state index contributed by atoms with van der Waals surface area (Å²) in [4.78, 5) is 11.2. The zero-order valence-electron chi connectivity index (χ0n) is 9.23. The van der Waals surface area contributed by atoms with Gasteiger partial charge in [-0.25, -0.2) is 4.79 Å². The Balaban J connectivity index is 4.13. The molecule has 0 spiro atoms. The van der Waals surface area contributed by atoms with E-state index in [0.29, 0.717) is 0 Å². The molecule has 0 unspecified atom stereocenters. The summed E-state index contributed by atoms with van der Waals surface area (Å²) in [6, 6.07) is -0.926. The summed E-state index contributed by atoms with van der Waals surface area (Å²) in [6.07, 6.45) is -1.95. The Bertz CT molecular complexity index is 201. The third-order valence-electron chi connectivity index (χ3n) is 1.55. The van der Waals surface area contributed by atoms with Crippen molar-refractivity contribution in [3.05, 3.63) is 0 Å². The van der Waals surface area contributed by atoms with E-state index in [1.807, 2.05) is 0 Å². The molecule has 0 aromatic heterocycles. The van der Waals surface area contributed by atoms with Gasteiger partial charge in [0.2, 0.25) is 0 Å². The number of aliphatic hydroxyl groups is 3. The molecule has 2 atom stereocenters. The average molecular weight is 221 g/mol. The number of nitrogens with one attached hydrogen (secondary N) is 1. The fraction of sp³-hybridized carbons (Fsp3) is 0.889. The molecule has 0 aliphatic carbocycles. The Labute approximate surface area is 88.9 Å². The van der Waals surface area contributed by atoms with Crippen molar-refractivity contribution < 1.29 is 24.9 Å². The quantitative estimate of drug-likeness (QED) is 0.499. The molecule has 0 rings (SSSR count). The standard InChI is InChI=1S/C9H19NO5/c1-9(2,3)15-8(14)10-6(4-11)7(13)5-12/h6-7,11-13H,4-5H2,1-3H3,(H,10,14)/t6-,7+/m0/s1. The lowest BCUT2D eigenvalue weighted by Gasteiger charge is -2.24. The predicted octanol–water partition coefficient (Wildman–Crippen LogP) is -0.775. The highest BCUT2D eigenvalue weighted by Gasteiger charge is 2.23. The second kappa shape index (κ2) is 5.89. The molecule has 1 amide bonds. The molecule has 0 aliphatic heterocycles. The minimum atomic E-state index is -1.21. The Morgan fingerprint density at radius 1 is 1.33 bits per heavy atom. The second-order valence-corrected chi connectivity index (χ2v) is 4.19. The lowest BCUT2D eigenvalue weighted by atomic mass is 10.2. The van der Waals surface area contributed by atoms with Gasteiger partial charge in [-0.3, -0.25) is 0 Å². The van der Waals surface area contributed by atoms with Crippen molar-refractivity contribution in [2.45, 2.75) is 38.5 Å². The molecule has 4 N–H and O–H groups in total. The van der Waals surface area contributed by atoms with Crippen LogP contribution in [0.15, 0.2) is 0 Å². The Kier molecular flexibility index (Phi) is 5.56. The maximum absolute atomic E-state index is 11.2. The van der Waals surface area contributed by atoms with Crippen molar-refractivity contribution in [2.75, 3.05) is 13.2 Å². The van der Waals surface area contributed by atoms with E-state index in [4.69, 9.17) is 14.9 Å². The zero-order chi connectivity index (χ0) is 12.1. The number of aliphatic hydroxyl groups excluding tert-OH is 3. The van der Waals surface area contributed by atoms with Crippen molar-refractivity contribution in [1.82, 2.24) is 5.32 Å². The van der Waals surface area contributed by atoms with Gasteiger partial charge in [0, 0.05) is 0 Å². The molecule has 0 aromatic rings. The van der Waals surface area contributed by atoms with Crippen LogP contribution in [0.3, 0.4) is 0 Å². The van der Waals surface area contributed by atoms with Crippen LogP contribution in [0.5, 0.6) is 0 Å². The zero-order valence-corrected chi connectivity index (χ0v) is 9.23. The number of carbonyl (C=O) groups excluding carboxylic acids is 1. The first kappa shape index (κ1) is 14.2. The molecule has 0 bridgehead atoms. The molecule has 6 heteroatoms. The number of hydrogen-bond donors (Lipinski definition) is 4. The predicted molar refractivity (Wildman–Crippen MR) is 53.3 cm³/mol. The Morgan fingerprint density at radius 2 is 1.87 bits per heavy atom. The maximum atomic E-state index is 11.2. The van der Waals surface area contributed by atoms with Gasteiger partial charge in [-0.2, -0.15) is 0 Å². The monoisotopic (exact) mass is 221 g/mol. The highest BCUT2D eigenvalue weighted by atomic mass is 16.6. The molecule has 0 radical (unpaired) electrons. The van der Waals surface area contributed by atoms with E-state index >= 15 is 0 Å². The van der Waals surface area contributed by atoms with Gasteiger partial charge >= 0.3 is 6.09 Å². The highest BCUT2D eigenvalue weighted by molar-refractivity contribution is 5.68. The van der Waals surface area contributed by atoms with Crippen LogP contribution in [0.1, 0.15) is 20.8 Å². The molecule has 0 aromatic carbocycles. The van der Waals surface area contributed by atoms with E-state index in [1.165, 1.54) is 0 Å². The van der Waals surface area contributed by atoms with E-state index < -0.39 is 37.1 Å². The Hall–Kier alpha value is -0.850. The SMILES string of the molecule is CC(C)(C)OC(=O)N[C@@H](CO)[C@H](O)CO. The summed E-state index contributed by atoms with van der Waals surface area (Å²) in [6.45, 7) is 4.08. The Morgan fingerprint density at radius 3 is 2.20 bits per heavy atom. The van der Waals surface area contributed by atoms with Gasteiger partial charge in [-0.05, 0) is 20.8 Å². The van der Waals surface area contributed by atoms with Crippen LogP contribution in [0.4, 0.5) is 4.79 Å². The molecule has 15 heavy (non-hydrogen) atoms. The summed E-state index contributed by atoms with van der Waals surface area (Å²) in [5.41, 5.74) is -0.645. The molecule has 0 heterocycles. The van der Waals surface area contributed by atoms with Gasteiger partial charge < -0.3 is 25.4 Å². The normalized spacial score (nSPS) is 15.6. The first-order valence-electron chi connectivity index (χ1n) is 4.69. The molecule has 6 nitrogen and oxygen atoms in total. The van der Waals surface area contributed by atoms with Crippen LogP contribution in [0.2, 0.25) is 0 Å². The fourth-order valence-corrected chi connectivity index (χ4v) is 0.850. The number of carbonyl (C=O) groups is 1. The number of alkyl carbamates (subject to hydrolysis) is 1. The minimum absolute atomic E-state index is 0.471. The van der Waals surface area contributed by atoms with Crippen molar-refractivity contribution in [3.63, 3.8) is 0 Å². The summed E-state index contributed by atoms with van der Waals surface area (Å²) in [5.74, 6) is 0. The van der Waals surface area contributed by atoms with Crippen molar-refractivity contribution in [1.29, 1.82) is 0 Å². The fourth-order valence-electron chi connectivity index (χ4n) is 0.850. The third-order valence-corrected chi connectivity index (χ3v) is 1.55. The molecule has 90 valence electrons. The van der Waals surface area contributed by atoms with Crippen LogP contribution in [-0.2, 0) is 4.74 Å². The summed E-state index contributed by atoms with van der Waals surface area (Å²) >= 11 is 0. The van der Waals surface area contributed by atoms with E-state index in [0.717, 1.165) is 0 Å².